The van der Waals surface area contributed by atoms with Crippen LogP contribution in [-0.4, -0.2) is 13.2 Å². The van der Waals surface area contributed by atoms with Gasteiger partial charge in [0.1, 0.15) is 12.4 Å². The van der Waals surface area contributed by atoms with Gasteiger partial charge in [-0.25, -0.2) is 0 Å². The smallest absolute Gasteiger partial charge is 0.122 e. The number of hydrogen-bond donors (Lipinski definition) is 1. The van der Waals surface area contributed by atoms with Gasteiger partial charge in [-0.1, -0.05) is 52.5 Å². The Morgan fingerprint density at radius 3 is 2.38 bits per heavy atom. The van der Waals surface area contributed by atoms with Crippen LogP contribution in [0.15, 0.2) is 30.3 Å². The average Bonchev–Trinajstić information content (AvgIpc) is 2.42. The van der Waals surface area contributed by atoms with Gasteiger partial charge in [0.2, 0.25) is 0 Å². The second-order valence-electron chi connectivity index (χ2n) is 4.79. The summed E-state index contributed by atoms with van der Waals surface area (Å²) in [6.45, 7) is 5.24. The van der Waals surface area contributed by atoms with Crippen molar-refractivity contribution in [3.8, 4) is 5.75 Å². The third-order valence-corrected chi connectivity index (χ3v) is 4.05. The lowest BCUT2D eigenvalue weighted by atomic mass is 10.1. The maximum atomic E-state index is 6.09. The fourth-order valence-corrected chi connectivity index (χ4v) is 2.58. The van der Waals surface area contributed by atoms with Gasteiger partial charge >= 0.3 is 0 Å². The first-order valence-electron chi connectivity index (χ1n) is 6.56. The van der Waals surface area contributed by atoms with E-state index in [0.717, 1.165) is 17.0 Å². The van der Waals surface area contributed by atoms with Gasteiger partial charge in [0.25, 0.3) is 0 Å². The Balaban J connectivity index is 1.89. The molecule has 0 aromatic heterocycles. The SMILES string of the molecule is Cc1ccc(OCCNc2cc(Cl)c(Cl)cc2Cl)c(C)c1. The molecule has 21 heavy (non-hydrogen) atoms. The summed E-state index contributed by atoms with van der Waals surface area (Å²) in [6, 6.07) is 9.45. The minimum atomic E-state index is 0.443. The van der Waals surface area contributed by atoms with Crippen molar-refractivity contribution in [2.24, 2.45) is 0 Å². The van der Waals surface area contributed by atoms with E-state index in [1.807, 2.05) is 19.1 Å². The molecule has 2 aromatic carbocycles. The van der Waals surface area contributed by atoms with E-state index in [1.165, 1.54) is 5.56 Å². The van der Waals surface area contributed by atoms with Crippen molar-refractivity contribution in [3.05, 3.63) is 56.5 Å². The molecule has 0 fully saturated rings. The average molecular weight is 345 g/mol. The van der Waals surface area contributed by atoms with Crippen LogP contribution < -0.4 is 10.1 Å². The first kappa shape index (κ1) is 16.3. The van der Waals surface area contributed by atoms with Gasteiger partial charge in [-0.15, -0.1) is 0 Å². The molecule has 0 saturated carbocycles. The minimum absolute atomic E-state index is 0.443. The maximum absolute atomic E-state index is 6.09. The molecule has 0 saturated heterocycles. The second kappa shape index (κ2) is 7.26. The molecule has 0 atom stereocenters. The zero-order chi connectivity index (χ0) is 15.4. The van der Waals surface area contributed by atoms with Crippen molar-refractivity contribution >= 4 is 40.5 Å². The van der Waals surface area contributed by atoms with Crippen molar-refractivity contribution in [1.82, 2.24) is 0 Å². The van der Waals surface area contributed by atoms with Crippen molar-refractivity contribution < 1.29 is 4.74 Å². The fourth-order valence-electron chi connectivity index (χ4n) is 1.97. The van der Waals surface area contributed by atoms with Gasteiger partial charge in [-0.05, 0) is 37.6 Å². The highest BCUT2D eigenvalue weighted by Crippen LogP contribution is 2.32. The summed E-state index contributed by atoms with van der Waals surface area (Å²) in [5.41, 5.74) is 3.10. The Hall–Kier alpha value is -1.09. The summed E-state index contributed by atoms with van der Waals surface area (Å²) in [5, 5.41) is 4.63. The topological polar surface area (TPSA) is 21.3 Å². The number of hydrogen-bond acceptors (Lipinski definition) is 2. The van der Waals surface area contributed by atoms with Crippen molar-refractivity contribution in [2.45, 2.75) is 13.8 Å². The molecule has 0 aliphatic rings. The second-order valence-corrected chi connectivity index (χ2v) is 6.01. The van der Waals surface area contributed by atoms with E-state index in [-0.39, 0.29) is 0 Å². The molecule has 0 heterocycles. The van der Waals surface area contributed by atoms with E-state index in [9.17, 15) is 0 Å². The van der Waals surface area contributed by atoms with E-state index >= 15 is 0 Å². The molecule has 2 aromatic rings. The van der Waals surface area contributed by atoms with Gasteiger partial charge in [0.15, 0.2) is 0 Å². The van der Waals surface area contributed by atoms with Gasteiger partial charge in [-0.3, -0.25) is 0 Å². The van der Waals surface area contributed by atoms with Crippen LogP contribution in [-0.2, 0) is 0 Å². The quantitative estimate of drug-likeness (QED) is 0.550. The lowest BCUT2D eigenvalue weighted by molar-refractivity contribution is 0.330. The molecule has 0 aliphatic carbocycles. The highest BCUT2D eigenvalue weighted by molar-refractivity contribution is 6.44. The first-order chi connectivity index (χ1) is 9.97. The van der Waals surface area contributed by atoms with E-state index < -0.39 is 0 Å². The van der Waals surface area contributed by atoms with Gasteiger partial charge in [0, 0.05) is 6.54 Å². The van der Waals surface area contributed by atoms with Crippen LogP contribution in [0.25, 0.3) is 0 Å². The molecule has 0 amide bonds. The van der Waals surface area contributed by atoms with Gasteiger partial charge < -0.3 is 10.1 Å². The summed E-state index contributed by atoms with van der Waals surface area (Å²) in [4.78, 5) is 0. The predicted molar refractivity (Wildman–Crippen MR) is 91.4 cm³/mol. The summed E-state index contributed by atoms with van der Waals surface area (Å²) in [7, 11) is 0. The monoisotopic (exact) mass is 343 g/mol. The Kier molecular flexibility index (Phi) is 5.63. The minimum Gasteiger partial charge on any atom is -0.491 e. The number of anilines is 1. The normalized spacial score (nSPS) is 10.5. The molecule has 2 nitrogen and oxygen atoms in total. The van der Waals surface area contributed by atoms with Crippen molar-refractivity contribution in [3.63, 3.8) is 0 Å². The Morgan fingerprint density at radius 2 is 1.67 bits per heavy atom. The Labute approximate surface area is 140 Å². The third-order valence-electron chi connectivity index (χ3n) is 3.02. The molecule has 0 spiro atoms. The lowest BCUT2D eigenvalue weighted by Crippen LogP contribution is -2.12. The Morgan fingerprint density at radius 1 is 0.952 bits per heavy atom. The lowest BCUT2D eigenvalue weighted by Gasteiger charge is -2.12. The molecule has 5 heteroatoms. The predicted octanol–water partition coefficient (Wildman–Crippen LogP) is 5.75. The first-order valence-corrected chi connectivity index (χ1v) is 7.69. The largest absolute Gasteiger partial charge is 0.491 e. The molecule has 2 rings (SSSR count). The molecule has 0 radical (unpaired) electrons. The van der Waals surface area contributed by atoms with Crippen molar-refractivity contribution in [1.29, 1.82) is 0 Å². The van der Waals surface area contributed by atoms with Gasteiger partial charge in [-0.2, -0.15) is 0 Å². The molecule has 0 aliphatic heterocycles. The van der Waals surface area contributed by atoms with E-state index in [4.69, 9.17) is 39.5 Å². The van der Waals surface area contributed by atoms with Crippen LogP contribution in [0, 0.1) is 13.8 Å². The maximum Gasteiger partial charge on any atom is 0.122 e. The van der Waals surface area contributed by atoms with Crippen molar-refractivity contribution in [2.75, 3.05) is 18.5 Å². The van der Waals surface area contributed by atoms with E-state index in [1.54, 1.807) is 12.1 Å². The van der Waals surface area contributed by atoms with Crippen LogP contribution in [0.2, 0.25) is 15.1 Å². The number of nitrogens with one attached hydrogen (secondary N) is 1. The van der Waals surface area contributed by atoms with Crippen LogP contribution in [0.4, 0.5) is 5.69 Å². The molecule has 0 bridgehead atoms. The van der Waals surface area contributed by atoms with Gasteiger partial charge in [0.05, 0.1) is 20.8 Å². The highest BCUT2D eigenvalue weighted by atomic mass is 35.5. The molecule has 1 N–H and O–H groups in total. The van der Waals surface area contributed by atoms with Crippen LogP contribution >= 0.6 is 34.8 Å². The van der Waals surface area contributed by atoms with E-state index in [0.29, 0.717) is 28.2 Å². The molecular formula is C16H16Cl3NO. The number of halogens is 3. The zero-order valence-corrected chi connectivity index (χ0v) is 14.1. The fraction of sp³-hybridized carbons (Fsp3) is 0.250. The number of ether oxygens (including phenoxy) is 1. The summed E-state index contributed by atoms with van der Waals surface area (Å²) in [5.74, 6) is 0.891. The molecule has 0 unspecified atom stereocenters. The summed E-state index contributed by atoms with van der Waals surface area (Å²) < 4.78 is 5.74. The number of benzene rings is 2. The summed E-state index contributed by atoms with van der Waals surface area (Å²) >= 11 is 18.0. The molecule has 112 valence electrons. The number of aryl methyl sites for hydroxylation is 2. The number of rotatable bonds is 5. The molecular weight excluding hydrogens is 329 g/mol. The van der Waals surface area contributed by atoms with E-state index in [2.05, 4.69) is 18.3 Å². The standard InChI is InChI=1S/C16H16Cl3NO/c1-10-3-4-16(11(2)7-10)21-6-5-20-15-9-13(18)12(17)8-14(15)19/h3-4,7-9,20H,5-6H2,1-2H3. The Bertz CT molecular complexity index is 644. The van der Waals surface area contributed by atoms with Crippen LogP contribution in [0.1, 0.15) is 11.1 Å². The highest BCUT2D eigenvalue weighted by Gasteiger charge is 2.05. The summed E-state index contributed by atoms with van der Waals surface area (Å²) in [6.07, 6.45) is 0. The van der Waals surface area contributed by atoms with Crippen LogP contribution in [0.5, 0.6) is 5.75 Å². The third kappa shape index (κ3) is 4.44. The van der Waals surface area contributed by atoms with Crippen LogP contribution in [0.3, 0.4) is 0 Å². The zero-order valence-electron chi connectivity index (χ0n) is 11.8.